The highest BCUT2D eigenvalue weighted by Crippen LogP contribution is 2.48. The minimum atomic E-state index is -0.0292. The molecule has 1 aromatic carbocycles. The van der Waals surface area contributed by atoms with Gasteiger partial charge in [-0.3, -0.25) is 4.79 Å². The predicted molar refractivity (Wildman–Crippen MR) is 72.3 cm³/mol. The van der Waals surface area contributed by atoms with Crippen LogP contribution in [0.5, 0.6) is 5.75 Å². The van der Waals surface area contributed by atoms with Gasteiger partial charge >= 0.3 is 0 Å². The first-order valence-electron chi connectivity index (χ1n) is 6.17. The van der Waals surface area contributed by atoms with E-state index in [4.69, 9.17) is 16.3 Å². The molecule has 0 radical (unpaired) electrons. The highest BCUT2D eigenvalue weighted by atomic mass is 35.5. The Hall–Kier alpha value is -1.22. The van der Waals surface area contributed by atoms with Crippen molar-refractivity contribution < 1.29 is 9.53 Å². The summed E-state index contributed by atoms with van der Waals surface area (Å²) in [6.45, 7) is 0.727. The van der Waals surface area contributed by atoms with Gasteiger partial charge in [0.15, 0.2) is 0 Å². The van der Waals surface area contributed by atoms with Crippen molar-refractivity contribution in [1.82, 2.24) is 5.32 Å². The number of ether oxygens (including phenoxy) is 1. The molecule has 1 aliphatic rings. The molecule has 0 heterocycles. The summed E-state index contributed by atoms with van der Waals surface area (Å²) in [5.41, 5.74) is 0.932. The number of alkyl halides is 1. The number of amides is 1. The molecule has 0 aromatic heterocycles. The van der Waals surface area contributed by atoms with Crippen LogP contribution in [0.25, 0.3) is 0 Å². The van der Waals surface area contributed by atoms with Crippen molar-refractivity contribution in [2.75, 3.05) is 19.5 Å². The first kappa shape index (κ1) is 13.2. The average molecular weight is 268 g/mol. The Morgan fingerprint density at radius 3 is 2.56 bits per heavy atom. The molecule has 98 valence electrons. The van der Waals surface area contributed by atoms with Crippen molar-refractivity contribution in [3.8, 4) is 5.75 Å². The van der Waals surface area contributed by atoms with E-state index in [-0.39, 0.29) is 11.3 Å². The van der Waals surface area contributed by atoms with Crippen LogP contribution < -0.4 is 10.1 Å². The second-order valence-corrected chi connectivity index (χ2v) is 5.23. The molecule has 0 bridgehead atoms. The van der Waals surface area contributed by atoms with Crippen LogP contribution in [0.4, 0.5) is 0 Å². The van der Waals surface area contributed by atoms with E-state index >= 15 is 0 Å². The molecule has 1 amide bonds. The molecule has 1 saturated carbocycles. The molecule has 0 aliphatic heterocycles. The minimum absolute atomic E-state index is 0.0292. The highest BCUT2D eigenvalue weighted by molar-refractivity contribution is 6.17. The number of carbonyl (C=O) groups excluding carboxylic acids is 1. The molecular weight excluding hydrogens is 250 g/mol. The summed E-state index contributed by atoms with van der Waals surface area (Å²) in [6.07, 6.45) is 3.32. The van der Waals surface area contributed by atoms with Gasteiger partial charge in [-0.2, -0.15) is 0 Å². The maximum atomic E-state index is 11.9. The fourth-order valence-electron chi connectivity index (χ4n) is 2.00. The monoisotopic (exact) mass is 267 g/mol. The van der Waals surface area contributed by atoms with E-state index in [0.29, 0.717) is 11.4 Å². The summed E-state index contributed by atoms with van der Waals surface area (Å²) < 4.78 is 5.06. The summed E-state index contributed by atoms with van der Waals surface area (Å²) in [6, 6.07) is 7.13. The highest BCUT2D eigenvalue weighted by Gasteiger charge is 2.41. The van der Waals surface area contributed by atoms with Crippen LogP contribution in [-0.2, 0) is 0 Å². The van der Waals surface area contributed by atoms with E-state index < -0.39 is 0 Å². The summed E-state index contributed by atoms with van der Waals surface area (Å²) in [4.78, 5) is 11.9. The first-order valence-corrected chi connectivity index (χ1v) is 6.71. The van der Waals surface area contributed by atoms with Gasteiger partial charge in [-0.05, 0) is 48.9 Å². The van der Waals surface area contributed by atoms with E-state index in [1.807, 2.05) is 0 Å². The number of carbonyl (C=O) groups is 1. The van der Waals surface area contributed by atoms with Crippen molar-refractivity contribution in [2.45, 2.75) is 19.3 Å². The number of hydrogen-bond donors (Lipinski definition) is 1. The lowest BCUT2D eigenvalue weighted by Crippen LogP contribution is -2.30. The topological polar surface area (TPSA) is 38.3 Å². The van der Waals surface area contributed by atoms with Crippen molar-refractivity contribution >= 4 is 17.5 Å². The lowest BCUT2D eigenvalue weighted by atomic mass is 10.0. The standard InChI is InChI=1S/C14H18ClNO2/c1-18-12-4-2-11(3-5-12)13(17)16-10-14(6-7-14)8-9-15/h2-5H,6-10H2,1H3,(H,16,17). The maximum Gasteiger partial charge on any atom is 0.251 e. The van der Waals surface area contributed by atoms with Crippen molar-refractivity contribution in [3.63, 3.8) is 0 Å². The van der Waals surface area contributed by atoms with Gasteiger partial charge in [0.1, 0.15) is 5.75 Å². The Labute approximate surface area is 112 Å². The lowest BCUT2D eigenvalue weighted by molar-refractivity contribution is 0.0944. The Morgan fingerprint density at radius 1 is 1.39 bits per heavy atom. The average Bonchev–Trinajstić information content (AvgIpc) is 3.17. The van der Waals surface area contributed by atoms with E-state index in [0.717, 1.165) is 18.7 Å². The summed E-state index contributed by atoms with van der Waals surface area (Å²) in [5.74, 6) is 1.39. The molecule has 0 atom stereocenters. The Kier molecular flexibility index (Phi) is 4.12. The number of hydrogen-bond acceptors (Lipinski definition) is 2. The zero-order valence-corrected chi connectivity index (χ0v) is 11.3. The SMILES string of the molecule is COc1ccc(C(=O)NCC2(CCCl)CC2)cc1. The van der Waals surface area contributed by atoms with E-state index in [1.54, 1.807) is 31.4 Å². The van der Waals surface area contributed by atoms with Crippen LogP contribution >= 0.6 is 11.6 Å². The van der Waals surface area contributed by atoms with Crippen LogP contribution in [0.15, 0.2) is 24.3 Å². The molecule has 3 nitrogen and oxygen atoms in total. The van der Waals surface area contributed by atoms with Gasteiger partial charge in [0, 0.05) is 18.0 Å². The zero-order chi connectivity index (χ0) is 13.0. The molecule has 1 fully saturated rings. The lowest BCUT2D eigenvalue weighted by Gasteiger charge is -2.14. The summed E-state index contributed by atoms with van der Waals surface area (Å²) in [7, 11) is 1.61. The van der Waals surface area contributed by atoms with Gasteiger partial charge in [0.25, 0.3) is 5.91 Å². The molecule has 0 spiro atoms. The quantitative estimate of drug-likeness (QED) is 0.805. The summed E-state index contributed by atoms with van der Waals surface area (Å²) >= 11 is 5.77. The third kappa shape index (κ3) is 3.16. The predicted octanol–water partition coefficient (Wildman–Crippen LogP) is 2.83. The van der Waals surface area contributed by atoms with Gasteiger partial charge in [0.05, 0.1) is 7.11 Å². The number of nitrogens with one attached hydrogen (secondary N) is 1. The fraction of sp³-hybridized carbons (Fsp3) is 0.500. The minimum Gasteiger partial charge on any atom is -0.497 e. The van der Waals surface area contributed by atoms with Crippen molar-refractivity contribution in [2.24, 2.45) is 5.41 Å². The van der Waals surface area contributed by atoms with Gasteiger partial charge in [-0.1, -0.05) is 0 Å². The molecule has 2 rings (SSSR count). The number of rotatable bonds is 6. The van der Waals surface area contributed by atoms with Crippen molar-refractivity contribution in [1.29, 1.82) is 0 Å². The maximum absolute atomic E-state index is 11.9. The Morgan fingerprint density at radius 2 is 2.06 bits per heavy atom. The summed E-state index contributed by atoms with van der Waals surface area (Å²) in [5, 5.41) is 2.99. The molecule has 0 unspecified atom stereocenters. The van der Waals surface area contributed by atoms with Gasteiger partial charge in [-0.15, -0.1) is 11.6 Å². The third-order valence-electron chi connectivity index (χ3n) is 3.56. The third-order valence-corrected chi connectivity index (χ3v) is 3.75. The van der Waals surface area contributed by atoms with Crippen molar-refractivity contribution in [3.05, 3.63) is 29.8 Å². The zero-order valence-electron chi connectivity index (χ0n) is 10.5. The van der Waals surface area contributed by atoms with Gasteiger partial charge in [0.2, 0.25) is 0 Å². The van der Waals surface area contributed by atoms with E-state index in [9.17, 15) is 4.79 Å². The Balaban J connectivity index is 1.87. The molecule has 1 N–H and O–H groups in total. The number of benzene rings is 1. The molecule has 18 heavy (non-hydrogen) atoms. The molecule has 0 saturated heterocycles. The van der Waals surface area contributed by atoms with Gasteiger partial charge in [-0.25, -0.2) is 0 Å². The number of methoxy groups -OCH3 is 1. The fourth-order valence-corrected chi connectivity index (χ4v) is 2.41. The largest absolute Gasteiger partial charge is 0.497 e. The second-order valence-electron chi connectivity index (χ2n) is 4.85. The van der Waals surface area contributed by atoms with Gasteiger partial charge < -0.3 is 10.1 Å². The molecule has 1 aromatic rings. The molecule has 4 heteroatoms. The van der Waals surface area contributed by atoms with Crippen LogP contribution in [0.3, 0.4) is 0 Å². The normalized spacial score (nSPS) is 16.1. The molecular formula is C14H18ClNO2. The smallest absolute Gasteiger partial charge is 0.251 e. The molecule has 1 aliphatic carbocycles. The van der Waals surface area contributed by atoms with Crippen LogP contribution in [-0.4, -0.2) is 25.4 Å². The first-order chi connectivity index (χ1) is 8.69. The second kappa shape index (κ2) is 5.61. The van der Waals surface area contributed by atoms with E-state index in [2.05, 4.69) is 5.32 Å². The van der Waals surface area contributed by atoms with Crippen LogP contribution in [0, 0.1) is 5.41 Å². The van der Waals surface area contributed by atoms with Crippen LogP contribution in [0.2, 0.25) is 0 Å². The van der Waals surface area contributed by atoms with Crippen LogP contribution in [0.1, 0.15) is 29.6 Å². The number of halogens is 1. The van der Waals surface area contributed by atoms with E-state index in [1.165, 1.54) is 12.8 Å². The Bertz CT molecular complexity index is 412.